The maximum absolute atomic E-state index is 12.6. The third-order valence-electron chi connectivity index (χ3n) is 4.01. The zero-order valence-corrected chi connectivity index (χ0v) is 12.6. The zero-order chi connectivity index (χ0) is 15.0. The van der Waals surface area contributed by atoms with Gasteiger partial charge in [0.05, 0.1) is 22.7 Å². The van der Waals surface area contributed by atoms with E-state index in [0.29, 0.717) is 10.3 Å². The number of nitrogens with one attached hydrogen (secondary N) is 1. The van der Waals surface area contributed by atoms with Crippen LogP contribution in [0.15, 0.2) is 18.2 Å². The van der Waals surface area contributed by atoms with Crippen molar-refractivity contribution in [2.75, 3.05) is 13.1 Å². The Kier molecular flexibility index (Phi) is 3.52. The van der Waals surface area contributed by atoms with Crippen molar-refractivity contribution in [2.45, 2.75) is 25.8 Å². The van der Waals surface area contributed by atoms with Crippen LogP contribution in [-0.2, 0) is 4.79 Å². The van der Waals surface area contributed by atoms with E-state index in [9.17, 15) is 4.79 Å². The minimum absolute atomic E-state index is 0.0897. The molecular formula is C15H16N4OS. The standard InChI is InChI=1S/C15H16N4OS/c1-10(14(20)18-6-2-3-7-18)19-13-8-11(9-16)4-5-12(13)17-15(19)21/h4-5,8,10H,2-3,6-7H2,1H3,(H,17,21). The van der Waals surface area contributed by atoms with Crippen LogP contribution in [0.25, 0.3) is 11.0 Å². The molecule has 3 rings (SSSR count). The highest BCUT2D eigenvalue weighted by molar-refractivity contribution is 7.71. The van der Waals surface area contributed by atoms with Crippen LogP contribution in [0.3, 0.4) is 0 Å². The summed E-state index contributed by atoms with van der Waals surface area (Å²) in [5.74, 6) is 0.0897. The Labute approximate surface area is 127 Å². The summed E-state index contributed by atoms with van der Waals surface area (Å²) in [4.78, 5) is 17.6. The van der Waals surface area contributed by atoms with Gasteiger partial charge in [-0.1, -0.05) is 0 Å². The summed E-state index contributed by atoms with van der Waals surface area (Å²) >= 11 is 5.36. The molecule has 1 fully saturated rings. The van der Waals surface area contributed by atoms with Gasteiger partial charge in [-0.2, -0.15) is 5.26 Å². The SMILES string of the molecule is CC(C(=O)N1CCCC1)n1c(=S)[nH]c2ccc(C#N)cc21. The first-order valence-electron chi connectivity index (χ1n) is 7.05. The van der Waals surface area contributed by atoms with E-state index >= 15 is 0 Å². The number of hydrogen-bond donors (Lipinski definition) is 1. The Balaban J connectivity index is 2.06. The Morgan fingerprint density at radius 3 is 2.81 bits per heavy atom. The molecule has 5 nitrogen and oxygen atoms in total. The molecule has 6 heteroatoms. The van der Waals surface area contributed by atoms with Crippen molar-refractivity contribution in [3.05, 3.63) is 28.5 Å². The van der Waals surface area contributed by atoms with Gasteiger partial charge in [0, 0.05) is 13.1 Å². The van der Waals surface area contributed by atoms with E-state index in [0.717, 1.165) is 37.0 Å². The van der Waals surface area contributed by atoms with Crippen molar-refractivity contribution in [1.29, 1.82) is 5.26 Å². The lowest BCUT2D eigenvalue weighted by molar-refractivity contribution is -0.133. The molecule has 108 valence electrons. The van der Waals surface area contributed by atoms with E-state index < -0.39 is 0 Å². The van der Waals surface area contributed by atoms with Gasteiger partial charge in [-0.05, 0) is 50.2 Å². The topological polar surface area (TPSA) is 64.8 Å². The number of amides is 1. The number of aromatic amines is 1. The summed E-state index contributed by atoms with van der Waals surface area (Å²) in [6.07, 6.45) is 2.13. The Morgan fingerprint density at radius 1 is 1.43 bits per heavy atom. The lowest BCUT2D eigenvalue weighted by atomic mass is 10.2. The number of fused-ring (bicyclic) bond motifs is 1. The minimum atomic E-state index is -0.363. The molecule has 0 aliphatic carbocycles. The lowest BCUT2D eigenvalue weighted by Crippen LogP contribution is -2.34. The van der Waals surface area contributed by atoms with Gasteiger partial charge < -0.3 is 14.5 Å². The first-order chi connectivity index (χ1) is 10.1. The van der Waals surface area contributed by atoms with E-state index in [4.69, 9.17) is 17.5 Å². The van der Waals surface area contributed by atoms with Gasteiger partial charge in [0.25, 0.3) is 0 Å². The van der Waals surface area contributed by atoms with Crippen LogP contribution >= 0.6 is 12.2 Å². The monoisotopic (exact) mass is 300 g/mol. The molecular weight excluding hydrogens is 284 g/mol. The second-order valence-electron chi connectivity index (χ2n) is 5.35. The van der Waals surface area contributed by atoms with Crippen LogP contribution in [0.2, 0.25) is 0 Å². The lowest BCUT2D eigenvalue weighted by Gasteiger charge is -2.21. The summed E-state index contributed by atoms with van der Waals surface area (Å²) in [7, 11) is 0. The van der Waals surface area contributed by atoms with Crippen molar-refractivity contribution in [2.24, 2.45) is 0 Å². The highest BCUT2D eigenvalue weighted by Crippen LogP contribution is 2.23. The average molecular weight is 300 g/mol. The summed E-state index contributed by atoms with van der Waals surface area (Å²) in [6.45, 7) is 3.51. The van der Waals surface area contributed by atoms with Crippen molar-refractivity contribution in [3.63, 3.8) is 0 Å². The maximum atomic E-state index is 12.6. The van der Waals surface area contributed by atoms with Crippen LogP contribution in [0.4, 0.5) is 0 Å². The fraction of sp³-hybridized carbons (Fsp3) is 0.400. The number of nitrogens with zero attached hydrogens (tertiary/aromatic N) is 3. The number of imidazole rings is 1. The maximum Gasteiger partial charge on any atom is 0.245 e. The number of carbonyl (C=O) groups excluding carboxylic acids is 1. The summed E-state index contributed by atoms with van der Waals surface area (Å²) in [5, 5.41) is 9.04. The Hall–Kier alpha value is -2.13. The molecule has 21 heavy (non-hydrogen) atoms. The second kappa shape index (κ2) is 5.34. The molecule has 2 heterocycles. The molecule has 1 atom stereocenters. The largest absolute Gasteiger partial charge is 0.341 e. The number of hydrogen-bond acceptors (Lipinski definition) is 3. The van der Waals surface area contributed by atoms with Gasteiger partial charge in [0.2, 0.25) is 5.91 Å². The smallest absolute Gasteiger partial charge is 0.245 e. The van der Waals surface area contributed by atoms with Crippen molar-refractivity contribution >= 4 is 29.2 Å². The summed E-state index contributed by atoms with van der Waals surface area (Å²) < 4.78 is 2.33. The number of likely N-dealkylation sites (tertiary alicyclic amines) is 1. The van der Waals surface area contributed by atoms with E-state index in [-0.39, 0.29) is 11.9 Å². The summed E-state index contributed by atoms with van der Waals surface area (Å²) in [6, 6.07) is 7.10. The normalized spacial score (nSPS) is 16.1. The van der Waals surface area contributed by atoms with Crippen molar-refractivity contribution in [1.82, 2.24) is 14.5 Å². The Bertz CT molecular complexity index is 792. The molecule has 1 aromatic heterocycles. The van der Waals surface area contributed by atoms with Crippen LogP contribution in [0.5, 0.6) is 0 Å². The fourth-order valence-corrected chi connectivity index (χ4v) is 3.25. The number of benzene rings is 1. The summed E-state index contributed by atoms with van der Waals surface area (Å²) in [5.41, 5.74) is 2.21. The van der Waals surface area contributed by atoms with Gasteiger partial charge in [0.15, 0.2) is 4.77 Å². The average Bonchev–Trinajstić information content (AvgIpc) is 3.11. The number of carbonyl (C=O) groups is 1. The third-order valence-corrected chi connectivity index (χ3v) is 4.31. The molecule has 0 radical (unpaired) electrons. The van der Waals surface area contributed by atoms with Gasteiger partial charge in [0.1, 0.15) is 6.04 Å². The van der Waals surface area contributed by atoms with E-state index in [2.05, 4.69) is 11.1 Å². The fourth-order valence-electron chi connectivity index (χ4n) is 2.89. The quantitative estimate of drug-likeness (QED) is 0.867. The van der Waals surface area contributed by atoms with Gasteiger partial charge >= 0.3 is 0 Å². The van der Waals surface area contributed by atoms with Gasteiger partial charge in [-0.3, -0.25) is 4.79 Å². The molecule has 1 N–H and O–H groups in total. The minimum Gasteiger partial charge on any atom is -0.341 e. The molecule has 0 bridgehead atoms. The second-order valence-corrected chi connectivity index (χ2v) is 5.74. The molecule has 2 aromatic rings. The first-order valence-corrected chi connectivity index (χ1v) is 7.46. The Morgan fingerprint density at radius 2 is 2.14 bits per heavy atom. The van der Waals surface area contributed by atoms with Crippen LogP contribution in [0.1, 0.15) is 31.4 Å². The van der Waals surface area contributed by atoms with Gasteiger partial charge in [-0.15, -0.1) is 0 Å². The van der Waals surface area contributed by atoms with E-state index in [1.54, 1.807) is 12.1 Å². The molecule has 1 aliphatic rings. The number of nitriles is 1. The van der Waals surface area contributed by atoms with Crippen LogP contribution < -0.4 is 0 Å². The highest BCUT2D eigenvalue weighted by Gasteiger charge is 2.26. The zero-order valence-electron chi connectivity index (χ0n) is 11.8. The van der Waals surface area contributed by atoms with Crippen molar-refractivity contribution in [3.8, 4) is 6.07 Å². The number of rotatable bonds is 2. The molecule has 1 unspecified atom stereocenters. The molecule has 0 spiro atoms. The molecule has 1 amide bonds. The van der Waals surface area contributed by atoms with E-state index in [1.807, 2.05) is 22.5 Å². The predicted molar refractivity (Wildman–Crippen MR) is 82.4 cm³/mol. The molecule has 0 saturated carbocycles. The van der Waals surface area contributed by atoms with E-state index in [1.165, 1.54) is 0 Å². The number of aromatic nitrogens is 2. The third kappa shape index (κ3) is 2.34. The molecule has 1 aromatic carbocycles. The highest BCUT2D eigenvalue weighted by atomic mass is 32.1. The number of H-pyrrole nitrogens is 1. The van der Waals surface area contributed by atoms with Crippen LogP contribution in [0, 0.1) is 16.1 Å². The first kappa shape index (κ1) is 13.8. The van der Waals surface area contributed by atoms with Crippen molar-refractivity contribution < 1.29 is 4.79 Å². The molecule has 1 saturated heterocycles. The van der Waals surface area contributed by atoms with Gasteiger partial charge in [-0.25, -0.2) is 0 Å². The van der Waals surface area contributed by atoms with Crippen LogP contribution in [-0.4, -0.2) is 33.4 Å². The predicted octanol–water partition coefficient (Wildman–Crippen LogP) is 2.75. The molecule has 1 aliphatic heterocycles.